The van der Waals surface area contributed by atoms with E-state index in [0.29, 0.717) is 5.69 Å². The molecule has 1 heterocycles. The van der Waals surface area contributed by atoms with Crippen molar-refractivity contribution >= 4 is 5.69 Å². The van der Waals surface area contributed by atoms with Crippen molar-refractivity contribution in [3.05, 3.63) is 48.2 Å². The van der Waals surface area contributed by atoms with Crippen molar-refractivity contribution in [1.29, 1.82) is 0 Å². The third kappa shape index (κ3) is 2.68. The average Bonchev–Trinajstić information content (AvgIpc) is 2.40. The second kappa shape index (κ2) is 5.65. The van der Waals surface area contributed by atoms with Crippen LogP contribution in [0.15, 0.2) is 42.6 Å². The van der Waals surface area contributed by atoms with E-state index in [9.17, 15) is 0 Å². The molecule has 0 radical (unpaired) electrons. The Bertz CT molecular complexity index is 508. The summed E-state index contributed by atoms with van der Waals surface area (Å²) in [4.78, 5) is 4.30. The molecule has 3 heteroatoms. The lowest BCUT2D eigenvalue weighted by molar-refractivity contribution is 0.0764. The number of nitrogen functional groups attached to an aromatic ring is 1. The van der Waals surface area contributed by atoms with E-state index in [0.717, 1.165) is 23.4 Å². The quantitative estimate of drug-likeness (QED) is 0.893. The second-order valence-electron chi connectivity index (χ2n) is 4.16. The highest BCUT2D eigenvalue weighted by atomic mass is 16.5. The maximum atomic E-state index is 5.91. The maximum absolute atomic E-state index is 5.91. The van der Waals surface area contributed by atoms with Crippen LogP contribution in [-0.2, 0) is 4.74 Å². The van der Waals surface area contributed by atoms with Crippen LogP contribution in [0, 0.1) is 0 Å². The minimum atomic E-state index is 0.116. The fraction of sp³-hybridized carbons (Fsp3) is 0.267. The first-order chi connectivity index (χ1) is 8.72. The Morgan fingerprint density at radius 3 is 2.56 bits per heavy atom. The Hall–Kier alpha value is -1.87. The summed E-state index contributed by atoms with van der Waals surface area (Å²) in [5, 5.41) is 0. The summed E-state index contributed by atoms with van der Waals surface area (Å²) in [7, 11) is 0. The van der Waals surface area contributed by atoms with Crippen molar-refractivity contribution in [2.45, 2.75) is 20.0 Å². The summed E-state index contributed by atoms with van der Waals surface area (Å²) >= 11 is 0. The van der Waals surface area contributed by atoms with Crippen molar-refractivity contribution in [2.75, 3.05) is 12.3 Å². The van der Waals surface area contributed by atoms with Crippen molar-refractivity contribution < 1.29 is 4.74 Å². The Morgan fingerprint density at radius 1 is 1.22 bits per heavy atom. The highest BCUT2D eigenvalue weighted by Gasteiger charge is 2.07. The lowest BCUT2D eigenvalue weighted by atomic mass is 10.0. The van der Waals surface area contributed by atoms with Gasteiger partial charge in [0.25, 0.3) is 0 Å². The monoisotopic (exact) mass is 242 g/mol. The smallest absolute Gasteiger partial charge is 0.0931 e. The molecule has 18 heavy (non-hydrogen) atoms. The van der Waals surface area contributed by atoms with Gasteiger partial charge in [0.1, 0.15) is 0 Å². The number of aromatic nitrogens is 1. The van der Waals surface area contributed by atoms with Crippen LogP contribution in [0.1, 0.15) is 25.5 Å². The summed E-state index contributed by atoms with van der Waals surface area (Å²) in [6.07, 6.45) is 1.87. The van der Waals surface area contributed by atoms with Gasteiger partial charge in [-0.1, -0.05) is 24.3 Å². The van der Waals surface area contributed by atoms with Crippen LogP contribution in [-0.4, -0.2) is 11.6 Å². The molecule has 0 aliphatic carbocycles. The second-order valence-corrected chi connectivity index (χ2v) is 4.16. The van der Waals surface area contributed by atoms with Crippen LogP contribution >= 0.6 is 0 Å². The topological polar surface area (TPSA) is 48.1 Å². The summed E-state index contributed by atoms with van der Waals surface area (Å²) in [6.45, 7) is 4.77. The van der Waals surface area contributed by atoms with Crippen LogP contribution in [0.2, 0.25) is 0 Å². The van der Waals surface area contributed by atoms with Crippen LogP contribution in [0.5, 0.6) is 0 Å². The first-order valence-corrected chi connectivity index (χ1v) is 6.14. The standard InChI is InChI=1S/C15H18N2O/c1-3-18-11(2)12-6-8-13(9-7-12)15-14(16)5-4-10-17-15/h4-11H,3,16H2,1-2H3/t11-/m0/s1. The van der Waals surface area contributed by atoms with Gasteiger partial charge in [-0.15, -0.1) is 0 Å². The minimum Gasteiger partial charge on any atom is -0.397 e. The Balaban J connectivity index is 2.25. The molecule has 0 aliphatic rings. The lowest BCUT2D eigenvalue weighted by Gasteiger charge is -2.12. The normalized spacial score (nSPS) is 12.3. The van der Waals surface area contributed by atoms with Crippen LogP contribution < -0.4 is 5.73 Å². The Labute approximate surface area is 108 Å². The molecule has 0 spiro atoms. The third-order valence-electron chi connectivity index (χ3n) is 2.91. The van der Waals surface area contributed by atoms with Gasteiger partial charge in [-0.25, -0.2) is 0 Å². The predicted octanol–water partition coefficient (Wildman–Crippen LogP) is 3.43. The SMILES string of the molecule is CCO[C@@H](C)c1ccc(-c2ncccc2N)cc1. The average molecular weight is 242 g/mol. The van der Waals surface area contributed by atoms with Crippen LogP contribution in [0.4, 0.5) is 5.69 Å². The molecule has 1 aromatic carbocycles. The molecule has 2 aromatic rings. The number of hydrogen-bond donors (Lipinski definition) is 1. The summed E-state index contributed by atoms with van der Waals surface area (Å²) in [5.74, 6) is 0. The molecule has 2 N–H and O–H groups in total. The molecule has 0 saturated heterocycles. The number of benzene rings is 1. The van der Waals surface area contributed by atoms with E-state index >= 15 is 0 Å². The van der Waals surface area contributed by atoms with E-state index in [4.69, 9.17) is 10.5 Å². The number of hydrogen-bond acceptors (Lipinski definition) is 3. The van der Waals surface area contributed by atoms with E-state index in [1.165, 1.54) is 0 Å². The predicted molar refractivity (Wildman–Crippen MR) is 74.1 cm³/mol. The van der Waals surface area contributed by atoms with Gasteiger partial charge in [-0.2, -0.15) is 0 Å². The van der Waals surface area contributed by atoms with E-state index in [2.05, 4.69) is 17.1 Å². The van der Waals surface area contributed by atoms with Gasteiger partial charge in [0.2, 0.25) is 0 Å². The molecule has 0 saturated carbocycles. The zero-order valence-corrected chi connectivity index (χ0v) is 10.8. The van der Waals surface area contributed by atoms with Crippen molar-refractivity contribution in [3.8, 4) is 11.3 Å². The van der Waals surface area contributed by atoms with Gasteiger partial charge in [0.15, 0.2) is 0 Å². The van der Waals surface area contributed by atoms with Crippen LogP contribution in [0.25, 0.3) is 11.3 Å². The van der Waals surface area contributed by atoms with E-state index in [1.807, 2.05) is 38.1 Å². The molecule has 0 bridgehead atoms. The fourth-order valence-electron chi connectivity index (χ4n) is 1.92. The summed E-state index contributed by atoms with van der Waals surface area (Å²) in [6, 6.07) is 11.9. The number of rotatable bonds is 4. The Morgan fingerprint density at radius 2 is 1.94 bits per heavy atom. The van der Waals surface area contributed by atoms with E-state index < -0.39 is 0 Å². The van der Waals surface area contributed by atoms with Crippen molar-refractivity contribution in [3.63, 3.8) is 0 Å². The van der Waals surface area contributed by atoms with Crippen molar-refractivity contribution in [2.24, 2.45) is 0 Å². The van der Waals surface area contributed by atoms with Gasteiger partial charge < -0.3 is 10.5 Å². The third-order valence-corrected chi connectivity index (χ3v) is 2.91. The van der Waals surface area contributed by atoms with Crippen molar-refractivity contribution in [1.82, 2.24) is 4.98 Å². The zero-order chi connectivity index (χ0) is 13.0. The molecule has 0 aliphatic heterocycles. The number of anilines is 1. The first-order valence-electron chi connectivity index (χ1n) is 6.14. The first kappa shape index (κ1) is 12.6. The van der Waals surface area contributed by atoms with Crippen LogP contribution in [0.3, 0.4) is 0 Å². The van der Waals surface area contributed by atoms with Gasteiger partial charge in [0.05, 0.1) is 17.5 Å². The zero-order valence-electron chi connectivity index (χ0n) is 10.8. The molecule has 0 fully saturated rings. The van der Waals surface area contributed by atoms with Gasteiger partial charge in [-0.05, 0) is 31.5 Å². The van der Waals surface area contributed by atoms with E-state index in [1.54, 1.807) is 6.20 Å². The summed E-state index contributed by atoms with van der Waals surface area (Å²) in [5.41, 5.74) is 9.63. The molecule has 0 amide bonds. The highest BCUT2D eigenvalue weighted by molar-refractivity contribution is 5.72. The molecule has 2 rings (SSSR count). The molecule has 94 valence electrons. The lowest BCUT2D eigenvalue weighted by Crippen LogP contribution is -1.99. The fourth-order valence-corrected chi connectivity index (χ4v) is 1.92. The molecular formula is C15H18N2O. The number of nitrogens with zero attached hydrogens (tertiary/aromatic N) is 1. The number of pyridine rings is 1. The molecule has 1 atom stereocenters. The maximum Gasteiger partial charge on any atom is 0.0931 e. The number of nitrogens with two attached hydrogens (primary N) is 1. The molecule has 3 nitrogen and oxygen atoms in total. The Kier molecular flexibility index (Phi) is 3.95. The number of ether oxygens (including phenoxy) is 1. The van der Waals surface area contributed by atoms with Gasteiger partial charge in [-0.3, -0.25) is 4.98 Å². The van der Waals surface area contributed by atoms with Gasteiger partial charge >= 0.3 is 0 Å². The molecule has 1 aromatic heterocycles. The van der Waals surface area contributed by atoms with E-state index in [-0.39, 0.29) is 6.10 Å². The minimum absolute atomic E-state index is 0.116. The largest absolute Gasteiger partial charge is 0.397 e. The van der Waals surface area contributed by atoms with Gasteiger partial charge in [0, 0.05) is 18.4 Å². The summed E-state index contributed by atoms with van der Waals surface area (Å²) < 4.78 is 5.56. The molecular weight excluding hydrogens is 224 g/mol. The molecule has 0 unspecified atom stereocenters. The highest BCUT2D eigenvalue weighted by Crippen LogP contribution is 2.25.